The predicted molar refractivity (Wildman–Crippen MR) is 96.5 cm³/mol. The first kappa shape index (κ1) is 18.2. The number of rotatable bonds is 7. The molecule has 0 saturated carbocycles. The Morgan fingerprint density at radius 3 is 2.70 bits per heavy atom. The summed E-state index contributed by atoms with van der Waals surface area (Å²) >= 11 is 9.53. The molecule has 0 heterocycles. The summed E-state index contributed by atoms with van der Waals surface area (Å²) in [6.45, 7) is 5.32. The van der Waals surface area contributed by atoms with Crippen molar-refractivity contribution in [3.63, 3.8) is 0 Å². The van der Waals surface area contributed by atoms with Gasteiger partial charge in [0.05, 0.1) is 5.02 Å². The molecule has 2 nitrogen and oxygen atoms in total. The lowest BCUT2D eigenvalue weighted by atomic mass is 10.1. The number of halogens is 3. The third-order valence-electron chi connectivity index (χ3n) is 3.67. The van der Waals surface area contributed by atoms with Crippen molar-refractivity contribution in [3.05, 3.63) is 62.8 Å². The predicted octanol–water partition coefficient (Wildman–Crippen LogP) is 5.71. The smallest absolute Gasteiger partial charge is 0.124 e. The van der Waals surface area contributed by atoms with Gasteiger partial charge in [-0.05, 0) is 43.7 Å². The van der Waals surface area contributed by atoms with Crippen molar-refractivity contribution >= 4 is 27.5 Å². The van der Waals surface area contributed by atoms with Crippen LogP contribution in [0.25, 0.3) is 0 Å². The molecular weight excluding hydrogens is 381 g/mol. The van der Waals surface area contributed by atoms with E-state index in [1.807, 2.05) is 18.2 Å². The second-order valence-corrected chi connectivity index (χ2v) is 6.79. The lowest BCUT2D eigenvalue weighted by Gasteiger charge is -2.16. The summed E-state index contributed by atoms with van der Waals surface area (Å²) in [5.41, 5.74) is 1.83. The summed E-state index contributed by atoms with van der Waals surface area (Å²) < 4.78 is 20.0. The summed E-state index contributed by atoms with van der Waals surface area (Å²) in [4.78, 5) is 0. The van der Waals surface area contributed by atoms with Crippen LogP contribution in [0.4, 0.5) is 4.39 Å². The maximum absolute atomic E-state index is 13.1. The van der Waals surface area contributed by atoms with Gasteiger partial charge in [0.25, 0.3) is 0 Å². The van der Waals surface area contributed by atoms with E-state index >= 15 is 0 Å². The van der Waals surface area contributed by atoms with Gasteiger partial charge in [0.15, 0.2) is 0 Å². The summed E-state index contributed by atoms with van der Waals surface area (Å²) in [6.07, 6.45) is 1.06. The second kappa shape index (κ2) is 8.67. The maximum atomic E-state index is 13.1. The minimum absolute atomic E-state index is 0.303. The van der Waals surface area contributed by atoms with Crippen LogP contribution < -0.4 is 10.1 Å². The highest BCUT2D eigenvalue weighted by Gasteiger charge is 2.08. The van der Waals surface area contributed by atoms with Gasteiger partial charge >= 0.3 is 0 Å². The van der Waals surface area contributed by atoms with Crippen molar-refractivity contribution in [1.29, 1.82) is 0 Å². The average Bonchev–Trinajstić information content (AvgIpc) is 2.53. The average molecular weight is 401 g/mol. The van der Waals surface area contributed by atoms with Crippen LogP contribution in [0.15, 0.2) is 40.9 Å². The number of nitrogens with one attached hydrogen (secondary N) is 1. The summed E-state index contributed by atoms with van der Waals surface area (Å²) in [6, 6.07) is 10.7. The monoisotopic (exact) mass is 399 g/mol. The van der Waals surface area contributed by atoms with Gasteiger partial charge in [-0.1, -0.05) is 40.5 Å². The van der Waals surface area contributed by atoms with Crippen LogP contribution in [-0.2, 0) is 13.2 Å². The lowest BCUT2D eigenvalue weighted by Crippen LogP contribution is -2.24. The first-order valence-electron chi connectivity index (χ1n) is 7.58. The zero-order valence-electron chi connectivity index (χ0n) is 13.2. The normalized spacial score (nSPS) is 12.2. The Hall–Kier alpha value is -1.10. The van der Waals surface area contributed by atoms with Gasteiger partial charge in [-0.2, -0.15) is 0 Å². The number of hydrogen-bond acceptors (Lipinski definition) is 2. The van der Waals surface area contributed by atoms with E-state index < -0.39 is 0 Å². The van der Waals surface area contributed by atoms with Gasteiger partial charge in [-0.15, -0.1) is 0 Å². The molecule has 2 rings (SSSR count). The van der Waals surface area contributed by atoms with E-state index in [1.54, 1.807) is 6.07 Å². The lowest BCUT2D eigenvalue weighted by molar-refractivity contribution is 0.301. The minimum Gasteiger partial charge on any atom is -0.489 e. The maximum Gasteiger partial charge on any atom is 0.124 e. The van der Waals surface area contributed by atoms with Crippen molar-refractivity contribution < 1.29 is 9.13 Å². The molecule has 1 N–H and O–H groups in total. The molecular formula is C18H20BrClFNO. The number of benzene rings is 2. The van der Waals surface area contributed by atoms with Crippen molar-refractivity contribution in [2.24, 2.45) is 0 Å². The zero-order valence-corrected chi connectivity index (χ0v) is 15.5. The zero-order chi connectivity index (χ0) is 16.8. The molecule has 124 valence electrons. The molecule has 0 bridgehead atoms. The van der Waals surface area contributed by atoms with E-state index in [9.17, 15) is 4.39 Å². The summed E-state index contributed by atoms with van der Waals surface area (Å²) in [5.74, 6) is 0.449. The van der Waals surface area contributed by atoms with E-state index in [-0.39, 0.29) is 5.82 Å². The molecule has 0 radical (unpaired) electrons. The van der Waals surface area contributed by atoms with Gasteiger partial charge < -0.3 is 10.1 Å². The SMILES string of the molecule is CC[C@@H](C)NCc1cc(Br)ccc1OCc1ccc(F)cc1Cl. The van der Waals surface area contributed by atoms with Crippen LogP contribution in [0.2, 0.25) is 5.02 Å². The van der Waals surface area contributed by atoms with Crippen LogP contribution in [0.5, 0.6) is 5.75 Å². The van der Waals surface area contributed by atoms with E-state index in [1.165, 1.54) is 12.1 Å². The standard InChI is InChI=1S/C18H20BrClFNO/c1-3-12(2)22-10-14-8-15(19)5-7-18(14)23-11-13-4-6-16(21)9-17(13)20/h4-9,12,22H,3,10-11H2,1-2H3/t12-/m1/s1. The molecule has 0 saturated heterocycles. The summed E-state index contributed by atoms with van der Waals surface area (Å²) in [7, 11) is 0. The van der Waals surface area contributed by atoms with E-state index in [0.29, 0.717) is 17.7 Å². The molecule has 0 unspecified atom stereocenters. The van der Waals surface area contributed by atoms with Crippen LogP contribution >= 0.6 is 27.5 Å². The molecule has 23 heavy (non-hydrogen) atoms. The van der Waals surface area contributed by atoms with E-state index in [0.717, 1.165) is 34.3 Å². The molecule has 0 spiro atoms. The fraction of sp³-hybridized carbons (Fsp3) is 0.333. The first-order valence-corrected chi connectivity index (χ1v) is 8.75. The number of hydrogen-bond donors (Lipinski definition) is 1. The molecule has 0 aliphatic rings. The molecule has 2 aromatic rings. The Bertz CT molecular complexity index is 665. The van der Waals surface area contributed by atoms with Crippen molar-refractivity contribution in [1.82, 2.24) is 5.32 Å². The van der Waals surface area contributed by atoms with Crippen LogP contribution in [0.1, 0.15) is 31.4 Å². The van der Waals surface area contributed by atoms with E-state index in [2.05, 4.69) is 35.1 Å². The Labute approximate surface area is 150 Å². The van der Waals surface area contributed by atoms with Gasteiger partial charge in [-0.3, -0.25) is 0 Å². The molecule has 0 amide bonds. The Morgan fingerprint density at radius 1 is 1.22 bits per heavy atom. The highest BCUT2D eigenvalue weighted by molar-refractivity contribution is 9.10. The molecule has 0 aliphatic heterocycles. The topological polar surface area (TPSA) is 21.3 Å². The van der Waals surface area contributed by atoms with Crippen LogP contribution in [0, 0.1) is 5.82 Å². The van der Waals surface area contributed by atoms with Gasteiger partial charge in [0.1, 0.15) is 18.2 Å². The molecule has 0 fully saturated rings. The van der Waals surface area contributed by atoms with Crippen LogP contribution in [0.3, 0.4) is 0 Å². The summed E-state index contributed by atoms with van der Waals surface area (Å²) in [5, 5.41) is 3.83. The molecule has 5 heteroatoms. The second-order valence-electron chi connectivity index (χ2n) is 5.47. The molecule has 2 aromatic carbocycles. The fourth-order valence-corrected chi connectivity index (χ4v) is 2.68. The first-order chi connectivity index (χ1) is 11.0. The minimum atomic E-state index is -0.346. The quantitative estimate of drug-likeness (QED) is 0.643. The van der Waals surface area contributed by atoms with Crippen molar-refractivity contribution in [2.75, 3.05) is 0 Å². The van der Waals surface area contributed by atoms with Gasteiger partial charge in [0.2, 0.25) is 0 Å². The highest BCUT2D eigenvalue weighted by atomic mass is 79.9. The number of ether oxygens (including phenoxy) is 1. The molecule has 1 atom stereocenters. The Kier molecular flexibility index (Phi) is 6.88. The third-order valence-corrected chi connectivity index (χ3v) is 4.52. The highest BCUT2D eigenvalue weighted by Crippen LogP contribution is 2.26. The molecule has 0 aromatic heterocycles. The van der Waals surface area contributed by atoms with Gasteiger partial charge in [0, 0.05) is 28.2 Å². The van der Waals surface area contributed by atoms with Crippen molar-refractivity contribution in [3.8, 4) is 5.75 Å². The Morgan fingerprint density at radius 2 is 2.00 bits per heavy atom. The third kappa shape index (κ3) is 5.48. The largest absolute Gasteiger partial charge is 0.489 e. The van der Waals surface area contributed by atoms with E-state index in [4.69, 9.17) is 16.3 Å². The Balaban J connectivity index is 2.09. The van der Waals surface area contributed by atoms with Crippen molar-refractivity contribution in [2.45, 2.75) is 39.5 Å². The fourth-order valence-electron chi connectivity index (χ4n) is 2.05. The molecule has 0 aliphatic carbocycles. The van der Waals surface area contributed by atoms with Crippen LogP contribution in [-0.4, -0.2) is 6.04 Å². The van der Waals surface area contributed by atoms with Gasteiger partial charge in [-0.25, -0.2) is 4.39 Å².